The molecule has 0 aliphatic heterocycles. The van der Waals surface area contributed by atoms with Crippen molar-refractivity contribution in [2.75, 3.05) is 0 Å². The van der Waals surface area contributed by atoms with Crippen LogP contribution in [0.1, 0.15) is 31.2 Å². The molecule has 0 bridgehead atoms. The minimum Gasteiger partial charge on any atom is -0.477 e. The van der Waals surface area contributed by atoms with E-state index in [1.807, 2.05) is 0 Å². The van der Waals surface area contributed by atoms with Crippen molar-refractivity contribution < 1.29 is 19.1 Å². The molecule has 3 aromatic rings. The van der Waals surface area contributed by atoms with Gasteiger partial charge in [0.1, 0.15) is 10.7 Å². The molecule has 0 saturated heterocycles. The predicted molar refractivity (Wildman–Crippen MR) is 91.1 cm³/mol. The van der Waals surface area contributed by atoms with Crippen molar-refractivity contribution in [3.8, 4) is 0 Å². The van der Waals surface area contributed by atoms with E-state index in [0.717, 1.165) is 16.9 Å². The summed E-state index contributed by atoms with van der Waals surface area (Å²) >= 11 is 1.09. The number of amides is 1. The second-order valence-corrected chi connectivity index (χ2v) is 6.44. The first-order valence-electron chi connectivity index (χ1n) is 7.29. The van der Waals surface area contributed by atoms with Crippen LogP contribution in [0.5, 0.6) is 0 Å². The van der Waals surface area contributed by atoms with E-state index in [0.29, 0.717) is 34.1 Å². The fourth-order valence-corrected chi connectivity index (χ4v) is 3.79. The summed E-state index contributed by atoms with van der Waals surface area (Å²) in [4.78, 5) is 22.7. The number of carbonyl (C=O) groups excluding carboxylic acids is 1. The van der Waals surface area contributed by atoms with Gasteiger partial charge in [0.15, 0.2) is 0 Å². The van der Waals surface area contributed by atoms with Gasteiger partial charge in [0, 0.05) is 15.6 Å². The minimum atomic E-state index is -1.05. The van der Waals surface area contributed by atoms with E-state index in [1.54, 1.807) is 36.4 Å². The van der Waals surface area contributed by atoms with Crippen LogP contribution in [0.4, 0.5) is 4.39 Å². The number of primary amides is 1. The van der Waals surface area contributed by atoms with Gasteiger partial charge in [0.05, 0.1) is 0 Å². The van der Waals surface area contributed by atoms with Gasteiger partial charge in [-0.2, -0.15) is 0 Å². The maximum absolute atomic E-state index is 14.2. The number of halogens is 1. The maximum atomic E-state index is 14.2. The first kappa shape index (κ1) is 16.1. The van der Waals surface area contributed by atoms with Crippen LogP contribution in [0, 0.1) is 5.82 Å². The lowest BCUT2D eigenvalue weighted by Gasteiger charge is -2.05. The highest BCUT2D eigenvalue weighted by atomic mass is 32.1. The fraction of sp³-hybridized carbons (Fsp3) is 0.111. The largest absolute Gasteiger partial charge is 0.477 e. The Morgan fingerprint density at radius 2 is 1.79 bits per heavy atom. The topological polar surface area (TPSA) is 80.4 Å². The summed E-state index contributed by atoms with van der Waals surface area (Å²) in [6, 6.07) is 11.4. The van der Waals surface area contributed by atoms with Crippen LogP contribution in [-0.4, -0.2) is 17.0 Å². The molecule has 0 aliphatic carbocycles. The van der Waals surface area contributed by atoms with Crippen molar-refractivity contribution in [1.29, 1.82) is 0 Å². The second kappa shape index (κ2) is 6.41. The zero-order valence-electron chi connectivity index (χ0n) is 12.6. The zero-order chi connectivity index (χ0) is 17.3. The Hall–Kier alpha value is -2.73. The molecule has 3 rings (SSSR count). The third kappa shape index (κ3) is 3.00. The Labute approximate surface area is 141 Å². The van der Waals surface area contributed by atoms with Crippen LogP contribution >= 0.6 is 11.3 Å². The Balaban J connectivity index is 1.93. The summed E-state index contributed by atoms with van der Waals surface area (Å²) in [5.41, 5.74) is 7.05. The third-order valence-electron chi connectivity index (χ3n) is 3.86. The highest BCUT2D eigenvalue weighted by molar-refractivity contribution is 7.21. The van der Waals surface area contributed by atoms with E-state index in [2.05, 4.69) is 0 Å². The molecular formula is C18H14FNO3S. The fourth-order valence-electron chi connectivity index (χ4n) is 2.68. The smallest absolute Gasteiger partial charge is 0.346 e. The average molecular weight is 343 g/mol. The van der Waals surface area contributed by atoms with Crippen LogP contribution in [0.3, 0.4) is 0 Å². The molecule has 0 radical (unpaired) electrons. The van der Waals surface area contributed by atoms with Crippen molar-refractivity contribution in [3.63, 3.8) is 0 Å². The molecule has 122 valence electrons. The number of carboxylic acids is 1. The first-order valence-corrected chi connectivity index (χ1v) is 8.11. The number of aromatic carboxylic acids is 1. The van der Waals surface area contributed by atoms with Gasteiger partial charge in [-0.15, -0.1) is 11.3 Å². The molecule has 6 heteroatoms. The molecular weight excluding hydrogens is 329 g/mol. The van der Waals surface area contributed by atoms with Gasteiger partial charge in [-0.1, -0.05) is 18.2 Å². The number of thiophene rings is 1. The van der Waals surface area contributed by atoms with E-state index in [4.69, 9.17) is 5.73 Å². The number of benzene rings is 2. The van der Waals surface area contributed by atoms with Crippen molar-refractivity contribution in [2.45, 2.75) is 12.8 Å². The number of nitrogens with two attached hydrogens (primary N) is 1. The SMILES string of the molecule is NC(=O)c1ccc(CCc2c(C(=O)O)sc3cccc(F)c23)cc1. The summed E-state index contributed by atoms with van der Waals surface area (Å²) in [5, 5.41) is 9.77. The molecule has 24 heavy (non-hydrogen) atoms. The molecule has 0 atom stereocenters. The zero-order valence-corrected chi connectivity index (χ0v) is 13.4. The van der Waals surface area contributed by atoms with Crippen LogP contribution in [0.15, 0.2) is 42.5 Å². The molecule has 0 spiro atoms. The van der Waals surface area contributed by atoms with Gasteiger partial charge in [-0.05, 0) is 48.2 Å². The molecule has 0 aliphatic rings. The Morgan fingerprint density at radius 1 is 1.08 bits per heavy atom. The molecule has 3 N–H and O–H groups in total. The lowest BCUT2D eigenvalue weighted by Crippen LogP contribution is -2.10. The second-order valence-electron chi connectivity index (χ2n) is 5.39. The van der Waals surface area contributed by atoms with E-state index in [1.165, 1.54) is 6.07 Å². The standard InChI is InChI=1S/C18H14FNO3S/c19-13-2-1-3-14-15(13)12(16(24-14)18(22)23)9-6-10-4-7-11(8-5-10)17(20)21/h1-5,7-8H,6,9H2,(H2,20,21)(H,22,23). The lowest BCUT2D eigenvalue weighted by molar-refractivity contribution is 0.0701. The Bertz CT molecular complexity index is 931. The van der Waals surface area contributed by atoms with Gasteiger partial charge < -0.3 is 10.8 Å². The summed E-state index contributed by atoms with van der Waals surface area (Å²) in [6.07, 6.45) is 0.942. The van der Waals surface area contributed by atoms with E-state index in [-0.39, 0.29) is 4.88 Å². The molecule has 1 amide bonds. The summed E-state index contributed by atoms with van der Waals surface area (Å²) in [6.45, 7) is 0. The Morgan fingerprint density at radius 3 is 2.42 bits per heavy atom. The summed E-state index contributed by atoms with van der Waals surface area (Å²) in [5.74, 6) is -1.95. The highest BCUT2D eigenvalue weighted by Crippen LogP contribution is 2.34. The van der Waals surface area contributed by atoms with E-state index >= 15 is 0 Å². The van der Waals surface area contributed by atoms with Crippen LogP contribution in [0.2, 0.25) is 0 Å². The molecule has 1 heterocycles. The third-order valence-corrected chi connectivity index (χ3v) is 5.04. The molecule has 0 saturated carbocycles. The number of fused-ring (bicyclic) bond motifs is 1. The highest BCUT2D eigenvalue weighted by Gasteiger charge is 2.19. The number of aryl methyl sites for hydroxylation is 2. The maximum Gasteiger partial charge on any atom is 0.346 e. The molecule has 0 unspecified atom stereocenters. The predicted octanol–water partition coefficient (Wildman–Crippen LogP) is 3.62. The molecule has 1 aromatic heterocycles. The van der Waals surface area contributed by atoms with Crippen molar-refractivity contribution in [1.82, 2.24) is 0 Å². The average Bonchev–Trinajstić information content (AvgIpc) is 2.93. The van der Waals surface area contributed by atoms with Gasteiger partial charge in [0.25, 0.3) is 0 Å². The monoisotopic (exact) mass is 343 g/mol. The summed E-state index contributed by atoms with van der Waals surface area (Å²) in [7, 11) is 0. The first-order chi connectivity index (χ1) is 11.5. The normalized spacial score (nSPS) is 10.9. The molecule has 0 fully saturated rings. The number of rotatable bonds is 5. The van der Waals surface area contributed by atoms with E-state index < -0.39 is 17.7 Å². The van der Waals surface area contributed by atoms with Gasteiger partial charge in [-0.3, -0.25) is 4.79 Å². The number of hydrogen-bond donors (Lipinski definition) is 2. The van der Waals surface area contributed by atoms with Crippen LogP contribution in [-0.2, 0) is 12.8 Å². The van der Waals surface area contributed by atoms with Crippen LogP contribution in [0.25, 0.3) is 10.1 Å². The molecule has 4 nitrogen and oxygen atoms in total. The van der Waals surface area contributed by atoms with Gasteiger partial charge >= 0.3 is 5.97 Å². The molecule has 2 aromatic carbocycles. The van der Waals surface area contributed by atoms with Crippen molar-refractivity contribution in [2.24, 2.45) is 5.73 Å². The van der Waals surface area contributed by atoms with Gasteiger partial charge in [-0.25, -0.2) is 9.18 Å². The van der Waals surface area contributed by atoms with Crippen molar-refractivity contribution >= 4 is 33.3 Å². The van der Waals surface area contributed by atoms with Gasteiger partial charge in [0.2, 0.25) is 5.91 Å². The van der Waals surface area contributed by atoms with Crippen molar-refractivity contribution in [3.05, 3.63) is 69.8 Å². The number of carboxylic acid groups (broad SMARTS) is 1. The minimum absolute atomic E-state index is 0.170. The number of carbonyl (C=O) groups is 2. The Kier molecular flexibility index (Phi) is 4.31. The lowest BCUT2D eigenvalue weighted by atomic mass is 10.0. The summed E-state index contributed by atoms with van der Waals surface area (Å²) < 4.78 is 14.8. The van der Waals surface area contributed by atoms with Crippen LogP contribution < -0.4 is 5.73 Å². The number of hydrogen-bond acceptors (Lipinski definition) is 3. The van der Waals surface area contributed by atoms with E-state index in [9.17, 15) is 19.1 Å². The quantitative estimate of drug-likeness (QED) is 0.742.